The second-order valence-corrected chi connectivity index (χ2v) is 4.75. The van der Waals surface area contributed by atoms with Crippen molar-refractivity contribution < 1.29 is 18.3 Å². The Kier molecular flexibility index (Phi) is 6.26. The van der Waals surface area contributed by atoms with Gasteiger partial charge in [-0.25, -0.2) is 9.52 Å². The molecule has 0 radical (unpaired) electrons. The van der Waals surface area contributed by atoms with Gasteiger partial charge in [0.05, 0.1) is 0 Å². The molecular weight excluding hydrogens is 220 g/mol. The Morgan fingerprint density at radius 1 is 1.27 bits per heavy atom. The molecule has 15 heavy (non-hydrogen) atoms. The minimum atomic E-state index is -3.92. The number of carboxylic acid groups (broad SMARTS) is 1. The molecule has 0 aliphatic heterocycles. The normalized spacial score (nSPS) is 11.7. The number of amides is 1. The summed E-state index contributed by atoms with van der Waals surface area (Å²) in [6, 6.07) is -0.197. The fourth-order valence-electron chi connectivity index (χ4n) is 1.32. The molecule has 0 aromatic carbocycles. The van der Waals surface area contributed by atoms with Crippen molar-refractivity contribution in [2.75, 3.05) is 0 Å². The zero-order valence-electron chi connectivity index (χ0n) is 8.99. The highest BCUT2D eigenvalue weighted by molar-refractivity contribution is 7.88. The number of hydrogen-bond acceptors (Lipinski definition) is 3. The number of rotatable bonds is 7. The lowest BCUT2D eigenvalue weighted by Crippen LogP contribution is -2.44. The predicted octanol–water partition coefficient (Wildman–Crippen LogP) is 1.06. The molecule has 90 valence electrons. The van der Waals surface area contributed by atoms with Crippen LogP contribution in [-0.2, 0) is 10.2 Å². The first-order chi connectivity index (χ1) is 6.91. The van der Waals surface area contributed by atoms with Crippen molar-refractivity contribution >= 4 is 16.3 Å². The molecule has 0 aliphatic carbocycles. The van der Waals surface area contributed by atoms with Crippen LogP contribution in [0, 0.1) is 0 Å². The van der Waals surface area contributed by atoms with Gasteiger partial charge in [-0.3, -0.25) is 0 Å². The van der Waals surface area contributed by atoms with Gasteiger partial charge in [0.25, 0.3) is 0 Å². The molecule has 0 unspecified atom stereocenters. The first-order valence-corrected chi connectivity index (χ1v) is 6.42. The second-order valence-electron chi connectivity index (χ2n) is 3.30. The third kappa shape index (κ3) is 7.15. The first-order valence-electron chi connectivity index (χ1n) is 4.94. The van der Waals surface area contributed by atoms with Gasteiger partial charge in [-0.1, -0.05) is 26.7 Å². The van der Waals surface area contributed by atoms with Crippen LogP contribution in [0.15, 0.2) is 0 Å². The van der Waals surface area contributed by atoms with Gasteiger partial charge in [-0.15, -0.1) is 0 Å². The number of nitrogens with one attached hydrogen (secondary N) is 2. The minimum absolute atomic E-state index is 0.197. The summed E-state index contributed by atoms with van der Waals surface area (Å²) in [6.45, 7) is 3.89. The smallest absolute Gasteiger partial charge is 0.419 e. The van der Waals surface area contributed by atoms with Crippen LogP contribution in [0.1, 0.15) is 39.5 Å². The zero-order chi connectivity index (χ0) is 11.9. The van der Waals surface area contributed by atoms with Crippen LogP contribution in [-0.4, -0.2) is 25.7 Å². The highest BCUT2D eigenvalue weighted by Crippen LogP contribution is 2.05. The summed E-state index contributed by atoms with van der Waals surface area (Å²) in [5.41, 5.74) is 0. The van der Waals surface area contributed by atoms with E-state index in [1.807, 2.05) is 13.8 Å². The van der Waals surface area contributed by atoms with E-state index < -0.39 is 16.3 Å². The monoisotopic (exact) mass is 238 g/mol. The van der Waals surface area contributed by atoms with E-state index in [2.05, 4.69) is 4.72 Å². The van der Waals surface area contributed by atoms with Gasteiger partial charge in [0, 0.05) is 6.04 Å². The highest BCUT2D eigenvalue weighted by atomic mass is 32.2. The molecule has 6 nitrogen and oxygen atoms in total. The second kappa shape index (κ2) is 6.62. The van der Waals surface area contributed by atoms with Crippen LogP contribution in [0.25, 0.3) is 0 Å². The Morgan fingerprint density at radius 2 is 1.73 bits per heavy atom. The lowest BCUT2D eigenvalue weighted by molar-refractivity contribution is 0.201. The van der Waals surface area contributed by atoms with Crippen LogP contribution in [0.3, 0.4) is 0 Å². The highest BCUT2D eigenvalue weighted by Gasteiger charge is 2.18. The van der Waals surface area contributed by atoms with Gasteiger partial charge in [0.1, 0.15) is 0 Å². The van der Waals surface area contributed by atoms with Crippen molar-refractivity contribution in [2.45, 2.75) is 45.6 Å². The van der Waals surface area contributed by atoms with Crippen LogP contribution < -0.4 is 9.44 Å². The third-order valence-corrected chi connectivity index (χ3v) is 2.90. The van der Waals surface area contributed by atoms with Gasteiger partial charge < -0.3 is 5.11 Å². The van der Waals surface area contributed by atoms with E-state index in [4.69, 9.17) is 5.11 Å². The number of carbonyl (C=O) groups is 1. The molecule has 0 aliphatic rings. The Morgan fingerprint density at radius 3 is 2.07 bits per heavy atom. The molecule has 0 atom stereocenters. The van der Waals surface area contributed by atoms with E-state index in [1.165, 1.54) is 4.72 Å². The van der Waals surface area contributed by atoms with Crippen molar-refractivity contribution in [3.8, 4) is 0 Å². The summed E-state index contributed by atoms with van der Waals surface area (Å²) in [5.74, 6) is 0. The Labute approximate surface area is 90.2 Å². The lowest BCUT2D eigenvalue weighted by atomic mass is 10.1. The standard InChI is InChI=1S/C8H18N2O4S/c1-3-5-7(6-4-2)9-15(13,14)10-8(11)12/h7,9-10H,3-6H2,1-2H3,(H,11,12). The molecule has 1 amide bonds. The van der Waals surface area contributed by atoms with Gasteiger partial charge in [-0.05, 0) is 12.8 Å². The Balaban J connectivity index is 4.31. The Bertz CT molecular complexity index is 283. The fourth-order valence-corrected chi connectivity index (χ4v) is 2.29. The van der Waals surface area contributed by atoms with Crippen molar-refractivity contribution in [3.63, 3.8) is 0 Å². The van der Waals surface area contributed by atoms with Crippen LogP contribution in [0.5, 0.6) is 0 Å². The third-order valence-electron chi connectivity index (χ3n) is 1.82. The molecule has 7 heteroatoms. The molecule has 0 fully saturated rings. The maximum atomic E-state index is 11.2. The molecule has 0 spiro atoms. The van der Waals surface area contributed by atoms with Crippen LogP contribution >= 0.6 is 0 Å². The van der Waals surface area contributed by atoms with Crippen molar-refractivity contribution in [1.29, 1.82) is 0 Å². The van der Waals surface area contributed by atoms with Crippen molar-refractivity contribution in [3.05, 3.63) is 0 Å². The van der Waals surface area contributed by atoms with E-state index in [1.54, 1.807) is 0 Å². The van der Waals surface area contributed by atoms with Crippen LogP contribution in [0.4, 0.5) is 4.79 Å². The molecule has 0 rings (SSSR count). The molecule has 0 aromatic rings. The van der Waals surface area contributed by atoms with Crippen LogP contribution in [0.2, 0.25) is 0 Å². The first kappa shape index (κ1) is 14.2. The summed E-state index contributed by atoms with van der Waals surface area (Å²) >= 11 is 0. The van der Waals surface area contributed by atoms with E-state index >= 15 is 0 Å². The summed E-state index contributed by atoms with van der Waals surface area (Å²) in [7, 11) is -3.92. The molecule has 3 N–H and O–H groups in total. The maximum absolute atomic E-state index is 11.2. The SMILES string of the molecule is CCCC(CCC)NS(=O)(=O)NC(=O)O. The van der Waals surface area contributed by atoms with E-state index in [-0.39, 0.29) is 6.04 Å². The molecular formula is C8H18N2O4S. The molecule has 0 saturated heterocycles. The van der Waals surface area contributed by atoms with Gasteiger partial charge in [-0.2, -0.15) is 13.1 Å². The molecule has 0 saturated carbocycles. The summed E-state index contributed by atoms with van der Waals surface area (Å²) in [6.07, 6.45) is 1.53. The van der Waals surface area contributed by atoms with Gasteiger partial charge >= 0.3 is 16.3 Å². The average Bonchev–Trinajstić information content (AvgIpc) is 2.01. The minimum Gasteiger partial charge on any atom is -0.464 e. The zero-order valence-corrected chi connectivity index (χ0v) is 9.80. The topological polar surface area (TPSA) is 95.5 Å². The average molecular weight is 238 g/mol. The summed E-state index contributed by atoms with van der Waals surface area (Å²) in [4.78, 5) is 10.2. The fraction of sp³-hybridized carbons (Fsp3) is 0.875. The summed E-state index contributed by atoms with van der Waals surface area (Å²) < 4.78 is 26.1. The van der Waals surface area contributed by atoms with Gasteiger partial charge in [0.15, 0.2) is 0 Å². The number of hydrogen-bond donors (Lipinski definition) is 3. The quantitative estimate of drug-likeness (QED) is 0.618. The van der Waals surface area contributed by atoms with E-state index in [9.17, 15) is 13.2 Å². The maximum Gasteiger partial charge on any atom is 0.419 e. The van der Waals surface area contributed by atoms with E-state index in [0.29, 0.717) is 12.8 Å². The molecule has 0 aromatic heterocycles. The van der Waals surface area contributed by atoms with E-state index in [0.717, 1.165) is 12.8 Å². The molecule has 0 heterocycles. The lowest BCUT2D eigenvalue weighted by Gasteiger charge is -2.16. The van der Waals surface area contributed by atoms with Crippen molar-refractivity contribution in [1.82, 2.24) is 9.44 Å². The largest absolute Gasteiger partial charge is 0.464 e. The Hall–Kier alpha value is -0.820. The van der Waals surface area contributed by atoms with Crippen molar-refractivity contribution in [2.24, 2.45) is 0 Å². The summed E-state index contributed by atoms with van der Waals surface area (Å²) in [5, 5.41) is 8.29. The van der Waals surface area contributed by atoms with Gasteiger partial charge in [0.2, 0.25) is 0 Å². The molecule has 0 bridgehead atoms. The predicted molar refractivity (Wildman–Crippen MR) is 56.8 cm³/mol.